The second kappa shape index (κ2) is 12.1. The van der Waals surface area contributed by atoms with Gasteiger partial charge in [0.25, 0.3) is 0 Å². The minimum Gasteiger partial charge on any atom is -0.315 e. The number of nitrogens with one attached hydrogen (secondary N) is 2. The van der Waals surface area contributed by atoms with Crippen LogP contribution >= 0.6 is 11.6 Å². The molecule has 0 spiro atoms. The Kier molecular flexibility index (Phi) is 9.15. The number of anilines is 2. The lowest BCUT2D eigenvalue weighted by Crippen LogP contribution is -2.41. The zero-order valence-corrected chi connectivity index (χ0v) is 22.5. The van der Waals surface area contributed by atoms with E-state index in [2.05, 4.69) is 38.3 Å². The van der Waals surface area contributed by atoms with E-state index in [1.165, 1.54) is 4.90 Å². The van der Waals surface area contributed by atoms with Crippen molar-refractivity contribution < 1.29 is 9.59 Å². The Morgan fingerprint density at radius 2 is 1.78 bits per heavy atom. The van der Waals surface area contributed by atoms with E-state index in [1.54, 1.807) is 28.9 Å². The summed E-state index contributed by atoms with van der Waals surface area (Å²) in [7, 11) is 0. The molecule has 0 saturated heterocycles. The average molecular weight is 510 g/mol. The number of carbonyl (C=O) groups excluding carboxylic acids is 2. The molecule has 192 valence electrons. The topological polar surface area (TPSA) is 79.3 Å². The van der Waals surface area contributed by atoms with E-state index in [9.17, 15) is 9.59 Å². The van der Waals surface area contributed by atoms with Crippen LogP contribution in [-0.4, -0.2) is 39.7 Å². The molecule has 1 heterocycles. The lowest BCUT2D eigenvalue weighted by atomic mass is 9.92. The zero-order valence-electron chi connectivity index (χ0n) is 21.8. The predicted octanol–water partition coefficient (Wildman–Crippen LogP) is 6.79. The summed E-state index contributed by atoms with van der Waals surface area (Å²) in [6.07, 6.45) is 2.79. The zero-order chi connectivity index (χ0) is 26.3. The van der Waals surface area contributed by atoms with E-state index >= 15 is 0 Å². The van der Waals surface area contributed by atoms with Gasteiger partial charge in [0.1, 0.15) is 12.4 Å². The number of carbonyl (C=O) groups is 2. The molecule has 0 unspecified atom stereocenters. The van der Waals surface area contributed by atoms with Gasteiger partial charge < -0.3 is 15.5 Å². The quantitative estimate of drug-likeness (QED) is 0.311. The van der Waals surface area contributed by atoms with Crippen molar-refractivity contribution in [3.63, 3.8) is 0 Å². The molecule has 3 rings (SSSR count). The van der Waals surface area contributed by atoms with Gasteiger partial charge in [-0.1, -0.05) is 76.4 Å². The fourth-order valence-corrected chi connectivity index (χ4v) is 3.94. The van der Waals surface area contributed by atoms with E-state index in [0.717, 1.165) is 36.2 Å². The number of hydrogen-bond donors (Lipinski definition) is 2. The first-order valence-electron chi connectivity index (χ1n) is 12.4. The van der Waals surface area contributed by atoms with E-state index in [-0.39, 0.29) is 23.9 Å². The van der Waals surface area contributed by atoms with Gasteiger partial charge in [-0.15, -0.1) is 0 Å². The number of para-hydroxylation sites is 1. The molecule has 2 N–H and O–H groups in total. The van der Waals surface area contributed by atoms with Gasteiger partial charge in [0, 0.05) is 28.7 Å². The van der Waals surface area contributed by atoms with Crippen molar-refractivity contribution in [1.82, 2.24) is 14.7 Å². The maximum Gasteiger partial charge on any atom is 0.322 e. The molecule has 3 aromatic rings. The summed E-state index contributed by atoms with van der Waals surface area (Å²) in [5.41, 5.74) is 3.18. The van der Waals surface area contributed by atoms with Crippen LogP contribution in [0.5, 0.6) is 0 Å². The Morgan fingerprint density at radius 3 is 2.44 bits per heavy atom. The number of hydrogen-bond acceptors (Lipinski definition) is 3. The fraction of sp³-hybridized carbons (Fsp3) is 0.393. The second-order valence-corrected chi connectivity index (χ2v) is 10.4. The first kappa shape index (κ1) is 27.3. The third-order valence-corrected chi connectivity index (χ3v) is 6.05. The molecule has 3 amide bonds. The third kappa shape index (κ3) is 7.34. The number of unbranched alkanes of at least 4 members (excludes halogenated alkanes) is 2. The summed E-state index contributed by atoms with van der Waals surface area (Å²) in [6, 6.07) is 16.4. The largest absolute Gasteiger partial charge is 0.322 e. The number of benzene rings is 2. The molecule has 8 heteroatoms. The molecule has 0 fully saturated rings. The van der Waals surface area contributed by atoms with Crippen molar-refractivity contribution in [3.05, 3.63) is 70.9 Å². The van der Waals surface area contributed by atoms with E-state index in [0.29, 0.717) is 23.1 Å². The summed E-state index contributed by atoms with van der Waals surface area (Å²) in [5.74, 6) is 0.283. The van der Waals surface area contributed by atoms with Crippen LogP contribution in [0.4, 0.5) is 16.3 Å². The van der Waals surface area contributed by atoms with Crippen LogP contribution in [0.1, 0.15) is 58.2 Å². The Bertz CT molecular complexity index is 1200. The maximum absolute atomic E-state index is 13.2. The highest BCUT2D eigenvalue weighted by Crippen LogP contribution is 2.27. The Labute approximate surface area is 218 Å². The van der Waals surface area contributed by atoms with Crippen molar-refractivity contribution in [2.45, 2.75) is 59.3 Å². The smallest absolute Gasteiger partial charge is 0.315 e. The first-order chi connectivity index (χ1) is 17.1. The molecule has 36 heavy (non-hydrogen) atoms. The fourth-order valence-electron chi connectivity index (χ4n) is 3.75. The molecule has 2 aromatic carbocycles. The number of urea groups is 1. The van der Waals surface area contributed by atoms with Gasteiger partial charge >= 0.3 is 6.03 Å². The number of nitrogens with zero attached hydrogens (tertiary/aromatic N) is 3. The van der Waals surface area contributed by atoms with Crippen molar-refractivity contribution >= 4 is 35.0 Å². The number of rotatable bonds is 9. The summed E-state index contributed by atoms with van der Waals surface area (Å²) in [4.78, 5) is 27.8. The number of aromatic nitrogens is 2. The van der Waals surface area contributed by atoms with Crippen LogP contribution < -0.4 is 10.6 Å². The van der Waals surface area contributed by atoms with Crippen LogP contribution in [0.3, 0.4) is 0 Å². The molecule has 0 saturated carbocycles. The normalized spacial score (nSPS) is 11.3. The lowest BCUT2D eigenvalue weighted by molar-refractivity contribution is -0.116. The van der Waals surface area contributed by atoms with Crippen LogP contribution in [0.15, 0.2) is 54.6 Å². The monoisotopic (exact) mass is 509 g/mol. The van der Waals surface area contributed by atoms with Crippen LogP contribution in [0, 0.1) is 6.92 Å². The molecule has 0 aliphatic heterocycles. The molecule has 7 nitrogen and oxygen atoms in total. The highest BCUT2D eigenvalue weighted by molar-refractivity contribution is 6.30. The van der Waals surface area contributed by atoms with Gasteiger partial charge in [-0.25, -0.2) is 9.48 Å². The lowest BCUT2D eigenvalue weighted by Gasteiger charge is -2.23. The molecule has 1 aromatic heterocycles. The third-order valence-electron chi connectivity index (χ3n) is 5.82. The molecule has 0 bridgehead atoms. The second-order valence-electron chi connectivity index (χ2n) is 9.98. The van der Waals surface area contributed by atoms with E-state index in [1.807, 2.05) is 37.3 Å². The predicted molar refractivity (Wildman–Crippen MR) is 147 cm³/mol. The van der Waals surface area contributed by atoms with Gasteiger partial charge in [0.05, 0.1) is 11.4 Å². The van der Waals surface area contributed by atoms with Crippen LogP contribution in [-0.2, 0) is 10.2 Å². The SMILES string of the molecule is CCCCCN(CC(=O)Nc1cc(C(C)(C)C)nn1-c1ccccc1C)C(=O)Nc1cccc(Cl)c1. The van der Waals surface area contributed by atoms with Gasteiger partial charge in [-0.05, 0) is 43.2 Å². The van der Waals surface area contributed by atoms with Crippen LogP contribution in [0.25, 0.3) is 5.69 Å². The van der Waals surface area contributed by atoms with Crippen molar-refractivity contribution in [2.24, 2.45) is 0 Å². The Hall–Kier alpha value is -3.32. The minimum absolute atomic E-state index is 0.0834. The molecule has 0 atom stereocenters. The Morgan fingerprint density at radius 1 is 1.03 bits per heavy atom. The van der Waals surface area contributed by atoms with Gasteiger partial charge in [0.15, 0.2) is 0 Å². The summed E-state index contributed by atoms with van der Waals surface area (Å²) in [6.45, 7) is 10.7. The molecular formula is C28H36ClN5O2. The summed E-state index contributed by atoms with van der Waals surface area (Å²) >= 11 is 6.06. The van der Waals surface area contributed by atoms with Crippen molar-refractivity contribution in [1.29, 1.82) is 0 Å². The maximum atomic E-state index is 13.2. The van der Waals surface area contributed by atoms with Gasteiger partial charge in [0.2, 0.25) is 5.91 Å². The number of amides is 3. The average Bonchev–Trinajstić information content (AvgIpc) is 3.23. The summed E-state index contributed by atoms with van der Waals surface area (Å²) in [5, 5.41) is 11.2. The molecule has 0 aliphatic rings. The summed E-state index contributed by atoms with van der Waals surface area (Å²) < 4.78 is 1.77. The Balaban J connectivity index is 1.81. The van der Waals surface area contributed by atoms with Gasteiger partial charge in [-0.2, -0.15) is 5.10 Å². The van der Waals surface area contributed by atoms with Crippen molar-refractivity contribution in [2.75, 3.05) is 23.7 Å². The molecule has 0 aliphatic carbocycles. The highest BCUT2D eigenvalue weighted by Gasteiger charge is 2.23. The van der Waals surface area contributed by atoms with Crippen molar-refractivity contribution in [3.8, 4) is 5.69 Å². The van der Waals surface area contributed by atoms with E-state index < -0.39 is 0 Å². The van der Waals surface area contributed by atoms with E-state index in [4.69, 9.17) is 16.7 Å². The molecule has 0 radical (unpaired) electrons. The highest BCUT2D eigenvalue weighted by atomic mass is 35.5. The number of aryl methyl sites for hydroxylation is 1. The van der Waals surface area contributed by atoms with Crippen LogP contribution in [0.2, 0.25) is 5.02 Å². The molecular weight excluding hydrogens is 474 g/mol. The number of halogens is 1. The first-order valence-corrected chi connectivity index (χ1v) is 12.7. The minimum atomic E-state index is -0.341. The standard InChI is InChI=1S/C28H36ClN5O2/c1-6-7-10-16-33(27(36)30-22-14-11-13-21(29)17-22)19-26(35)31-25-18-24(28(3,4)5)32-34(25)23-15-9-8-12-20(23)2/h8-9,11-15,17-18H,6-7,10,16,19H2,1-5H3,(H,30,36)(H,31,35). The van der Waals surface area contributed by atoms with Gasteiger partial charge in [-0.3, -0.25) is 4.79 Å².